The minimum absolute atomic E-state index is 0.127. The number of nitrogens with zero attached hydrogens (tertiary/aromatic N) is 1. The molecular weight excluding hydrogens is 406 g/mol. The number of ether oxygens (including phenoxy) is 2. The zero-order valence-corrected chi connectivity index (χ0v) is 17.0. The second kappa shape index (κ2) is 9.55. The normalized spacial score (nSPS) is 12.2. The largest absolute Gasteiger partial charge is 0.497 e. The van der Waals surface area contributed by atoms with Crippen LogP contribution in [0.2, 0.25) is 0 Å². The molecule has 0 bridgehead atoms. The molecule has 0 aromatic heterocycles. The fraction of sp³-hybridized carbons (Fsp3) is 0.316. The van der Waals surface area contributed by atoms with E-state index in [1.165, 1.54) is 0 Å². The van der Waals surface area contributed by atoms with E-state index in [-0.39, 0.29) is 6.61 Å². The van der Waals surface area contributed by atoms with E-state index in [0.717, 1.165) is 18.4 Å². The molecule has 158 valence electrons. The zero-order valence-electron chi connectivity index (χ0n) is 16.2. The van der Waals surface area contributed by atoms with Crippen LogP contribution in [0.1, 0.15) is 6.92 Å². The van der Waals surface area contributed by atoms with Gasteiger partial charge < -0.3 is 14.8 Å². The Labute approximate surface area is 168 Å². The highest BCUT2D eigenvalue weighted by atomic mass is 32.2. The summed E-state index contributed by atoms with van der Waals surface area (Å²) in [6, 6.07) is 8.83. The molecule has 0 radical (unpaired) electrons. The summed E-state index contributed by atoms with van der Waals surface area (Å²) >= 11 is 0. The van der Waals surface area contributed by atoms with Crippen LogP contribution >= 0.6 is 0 Å². The van der Waals surface area contributed by atoms with Crippen molar-refractivity contribution in [3.05, 3.63) is 54.1 Å². The standard InChI is InChI=1S/C19H22F2N2O5S/c1-13(12-28-16-7-5-15(27-2)6-8-16)22-19(24)11-23(29(3,25)26)18-9-4-14(20)10-17(18)21/h4-10,13H,11-12H2,1-3H3,(H,22,24)/t13-/m0/s1. The average Bonchev–Trinajstić information content (AvgIpc) is 2.64. The van der Waals surface area contributed by atoms with E-state index in [0.29, 0.717) is 21.9 Å². The molecular formula is C19H22F2N2O5S. The lowest BCUT2D eigenvalue weighted by atomic mass is 10.3. The summed E-state index contributed by atoms with van der Waals surface area (Å²) in [5.74, 6) is -1.36. The Hall–Kier alpha value is -2.88. The van der Waals surface area contributed by atoms with Crippen molar-refractivity contribution in [3.8, 4) is 11.5 Å². The van der Waals surface area contributed by atoms with Gasteiger partial charge in [-0.3, -0.25) is 9.10 Å². The van der Waals surface area contributed by atoms with Crippen LogP contribution in [0.3, 0.4) is 0 Å². The maximum Gasteiger partial charge on any atom is 0.241 e. The maximum absolute atomic E-state index is 14.0. The van der Waals surface area contributed by atoms with Gasteiger partial charge in [0, 0.05) is 6.07 Å². The molecule has 10 heteroatoms. The highest BCUT2D eigenvalue weighted by molar-refractivity contribution is 7.92. The van der Waals surface area contributed by atoms with Crippen LogP contribution in [-0.4, -0.2) is 46.9 Å². The SMILES string of the molecule is COc1ccc(OC[C@H](C)NC(=O)CN(c2ccc(F)cc2F)S(C)(=O)=O)cc1. The highest BCUT2D eigenvalue weighted by Crippen LogP contribution is 2.22. The lowest BCUT2D eigenvalue weighted by Gasteiger charge is -2.23. The molecule has 1 amide bonds. The Kier molecular flexibility index (Phi) is 7.38. The molecule has 2 aromatic carbocycles. The topological polar surface area (TPSA) is 84.9 Å². The van der Waals surface area contributed by atoms with E-state index < -0.39 is 45.8 Å². The van der Waals surface area contributed by atoms with Gasteiger partial charge in [0.25, 0.3) is 0 Å². The molecule has 1 N–H and O–H groups in total. The van der Waals surface area contributed by atoms with Crippen LogP contribution in [0.15, 0.2) is 42.5 Å². The molecule has 0 aliphatic rings. The van der Waals surface area contributed by atoms with Crippen molar-refractivity contribution in [1.82, 2.24) is 5.32 Å². The van der Waals surface area contributed by atoms with Gasteiger partial charge >= 0.3 is 0 Å². The molecule has 0 aliphatic heterocycles. The smallest absolute Gasteiger partial charge is 0.241 e. The third-order valence-corrected chi connectivity index (χ3v) is 4.96. The minimum atomic E-state index is -3.98. The number of anilines is 1. The summed E-state index contributed by atoms with van der Waals surface area (Å²) in [6.07, 6.45) is 0.833. The van der Waals surface area contributed by atoms with E-state index in [1.807, 2.05) is 0 Å². The van der Waals surface area contributed by atoms with Gasteiger partial charge in [-0.05, 0) is 43.3 Å². The molecule has 0 heterocycles. The number of sulfonamides is 1. The van der Waals surface area contributed by atoms with Gasteiger partial charge in [-0.2, -0.15) is 0 Å². The lowest BCUT2D eigenvalue weighted by molar-refractivity contribution is -0.120. The monoisotopic (exact) mass is 428 g/mol. The first-order valence-corrected chi connectivity index (χ1v) is 10.4. The number of amides is 1. The number of carbonyl (C=O) groups is 1. The van der Waals surface area contributed by atoms with Crippen molar-refractivity contribution in [2.24, 2.45) is 0 Å². The number of benzene rings is 2. The number of hydrogen-bond donors (Lipinski definition) is 1. The molecule has 0 unspecified atom stereocenters. The van der Waals surface area contributed by atoms with Gasteiger partial charge in [0.1, 0.15) is 36.3 Å². The molecule has 29 heavy (non-hydrogen) atoms. The van der Waals surface area contributed by atoms with Crippen molar-refractivity contribution < 1.29 is 31.5 Å². The van der Waals surface area contributed by atoms with Crippen LogP contribution in [0.5, 0.6) is 11.5 Å². The fourth-order valence-electron chi connectivity index (χ4n) is 2.45. The van der Waals surface area contributed by atoms with Gasteiger partial charge in [-0.25, -0.2) is 17.2 Å². The Morgan fingerprint density at radius 3 is 2.31 bits per heavy atom. The number of rotatable bonds is 9. The van der Waals surface area contributed by atoms with Gasteiger partial charge in [0.2, 0.25) is 15.9 Å². The molecule has 0 spiro atoms. The third-order valence-electron chi connectivity index (χ3n) is 3.83. The Morgan fingerprint density at radius 2 is 1.76 bits per heavy atom. The quantitative estimate of drug-likeness (QED) is 0.663. The van der Waals surface area contributed by atoms with Crippen LogP contribution in [0.4, 0.5) is 14.5 Å². The summed E-state index contributed by atoms with van der Waals surface area (Å²) < 4.78 is 62.3. The molecule has 0 saturated carbocycles. The average molecular weight is 428 g/mol. The van der Waals surface area contributed by atoms with Gasteiger partial charge in [0.15, 0.2) is 0 Å². The predicted octanol–water partition coefficient (Wildman–Crippen LogP) is 2.32. The Bertz CT molecular complexity index is 952. The predicted molar refractivity (Wildman–Crippen MR) is 105 cm³/mol. The van der Waals surface area contributed by atoms with Crippen molar-refractivity contribution in [3.63, 3.8) is 0 Å². The van der Waals surface area contributed by atoms with E-state index >= 15 is 0 Å². The van der Waals surface area contributed by atoms with E-state index in [2.05, 4.69) is 5.32 Å². The van der Waals surface area contributed by atoms with E-state index in [1.54, 1.807) is 38.3 Å². The Balaban J connectivity index is 1.98. The summed E-state index contributed by atoms with van der Waals surface area (Å²) in [7, 11) is -2.43. The summed E-state index contributed by atoms with van der Waals surface area (Å²) in [5, 5.41) is 2.58. The summed E-state index contributed by atoms with van der Waals surface area (Å²) in [6.45, 7) is 1.14. The second-order valence-electron chi connectivity index (χ2n) is 6.32. The zero-order chi connectivity index (χ0) is 21.6. The van der Waals surface area contributed by atoms with Crippen molar-refractivity contribution in [2.45, 2.75) is 13.0 Å². The summed E-state index contributed by atoms with van der Waals surface area (Å²) in [5.41, 5.74) is -0.411. The lowest BCUT2D eigenvalue weighted by Crippen LogP contribution is -2.45. The minimum Gasteiger partial charge on any atom is -0.497 e. The fourth-order valence-corrected chi connectivity index (χ4v) is 3.31. The molecule has 2 rings (SSSR count). The van der Waals surface area contributed by atoms with Crippen molar-refractivity contribution in [1.29, 1.82) is 0 Å². The number of hydrogen-bond acceptors (Lipinski definition) is 5. The number of halogens is 2. The molecule has 7 nitrogen and oxygen atoms in total. The van der Waals surface area contributed by atoms with E-state index in [9.17, 15) is 22.0 Å². The first-order chi connectivity index (χ1) is 13.6. The van der Waals surface area contributed by atoms with Crippen LogP contribution in [0, 0.1) is 11.6 Å². The summed E-state index contributed by atoms with van der Waals surface area (Å²) in [4.78, 5) is 12.3. The van der Waals surface area contributed by atoms with E-state index in [4.69, 9.17) is 9.47 Å². The number of methoxy groups -OCH3 is 1. The van der Waals surface area contributed by atoms with Crippen LogP contribution < -0.4 is 19.1 Å². The van der Waals surface area contributed by atoms with Gasteiger partial charge in [-0.15, -0.1) is 0 Å². The number of nitrogens with one attached hydrogen (secondary N) is 1. The highest BCUT2D eigenvalue weighted by Gasteiger charge is 2.24. The second-order valence-corrected chi connectivity index (χ2v) is 8.23. The van der Waals surface area contributed by atoms with Gasteiger partial charge in [-0.1, -0.05) is 0 Å². The molecule has 1 atom stereocenters. The van der Waals surface area contributed by atoms with Crippen molar-refractivity contribution >= 4 is 21.6 Å². The van der Waals surface area contributed by atoms with Gasteiger partial charge in [0.05, 0.1) is 25.1 Å². The molecule has 2 aromatic rings. The molecule has 0 aliphatic carbocycles. The third kappa shape index (κ3) is 6.60. The Morgan fingerprint density at radius 1 is 1.14 bits per heavy atom. The molecule has 0 saturated heterocycles. The molecule has 0 fully saturated rings. The number of carbonyl (C=O) groups excluding carboxylic acids is 1. The van der Waals surface area contributed by atoms with Crippen molar-refractivity contribution in [2.75, 3.05) is 30.8 Å². The van der Waals surface area contributed by atoms with Crippen LogP contribution in [0.25, 0.3) is 0 Å². The van der Waals surface area contributed by atoms with Crippen LogP contribution in [-0.2, 0) is 14.8 Å². The first kappa shape index (κ1) is 22.4. The maximum atomic E-state index is 14.0. The first-order valence-electron chi connectivity index (χ1n) is 8.59.